The average molecular weight is 509 g/mol. The van der Waals surface area contributed by atoms with Crippen LogP contribution >= 0.6 is 35.0 Å². The molecule has 172 valence electrons. The van der Waals surface area contributed by atoms with E-state index in [1.165, 1.54) is 22.5 Å². The van der Waals surface area contributed by atoms with Crippen molar-refractivity contribution in [3.05, 3.63) is 112 Å². The van der Waals surface area contributed by atoms with E-state index in [-0.39, 0.29) is 11.7 Å². The molecular weight excluding hydrogens is 487 g/mol. The van der Waals surface area contributed by atoms with Gasteiger partial charge >= 0.3 is 0 Å². The largest absolute Gasteiger partial charge is 0.489 e. The first-order valence-electron chi connectivity index (χ1n) is 10.6. The van der Waals surface area contributed by atoms with E-state index < -0.39 is 0 Å². The lowest BCUT2D eigenvalue weighted by molar-refractivity contribution is -0.118. The maximum Gasteiger partial charge on any atom is 0.250 e. The second-order valence-electron chi connectivity index (χ2n) is 7.53. The molecule has 0 fully saturated rings. The summed E-state index contributed by atoms with van der Waals surface area (Å²) in [5.74, 6) is 1.38. The quantitative estimate of drug-likeness (QED) is 0.193. The third-order valence-corrected chi connectivity index (χ3v) is 6.71. The zero-order chi connectivity index (χ0) is 23.8. The van der Waals surface area contributed by atoms with Crippen LogP contribution < -0.4 is 10.2 Å². The number of carbonyl (C=O) groups excluding carboxylic acids is 1. The van der Waals surface area contributed by atoms with Gasteiger partial charge in [0.05, 0.1) is 12.0 Å². The molecule has 0 heterocycles. The van der Waals surface area contributed by atoms with E-state index in [0.29, 0.717) is 22.4 Å². The molecule has 4 aromatic rings. The van der Waals surface area contributed by atoms with Crippen LogP contribution in [0, 0.1) is 0 Å². The van der Waals surface area contributed by atoms with Crippen LogP contribution in [0.4, 0.5) is 0 Å². The van der Waals surface area contributed by atoms with E-state index in [9.17, 15) is 4.79 Å². The van der Waals surface area contributed by atoms with Gasteiger partial charge in [0.15, 0.2) is 0 Å². The summed E-state index contributed by atoms with van der Waals surface area (Å²) in [7, 11) is 0. The number of fused-ring (bicyclic) bond motifs is 1. The van der Waals surface area contributed by atoms with Gasteiger partial charge in [-0.25, -0.2) is 5.43 Å². The Hall–Kier alpha value is -2.99. The Morgan fingerprint density at radius 2 is 1.65 bits per heavy atom. The number of carbonyl (C=O) groups is 1. The molecule has 0 saturated heterocycles. The van der Waals surface area contributed by atoms with E-state index >= 15 is 0 Å². The minimum absolute atomic E-state index is 0.195. The molecular formula is C27H22Cl2N2O2S. The van der Waals surface area contributed by atoms with Crippen molar-refractivity contribution in [1.29, 1.82) is 0 Å². The summed E-state index contributed by atoms with van der Waals surface area (Å²) in [6.45, 7) is 0.491. The van der Waals surface area contributed by atoms with Gasteiger partial charge in [-0.15, -0.1) is 11.8 Å². The van der Waals surface area contributed by atoms with Crippen molar-refractivity contribution in [2.24, 2.45) is 5.10 Å². The predicted octanol–water partition coefficient (Wildman–Crippen LogP) is 7.11. The molecule has 1 amide bonds. The second kappa shape index (κ2) is 11.9. The molecule has 0 aliphatic carbocycles. The van der Waals surface area contributed by atoms with Crippen LogP contribution in [0.2, 0.25) is 10.0 Å². The molecule has 1 N–H and O–H groups in total. The maximum atomic E-state index is 12.0. The lowest BCUT2D eigenvalue weighted by atomic mass is 10.1. The highest BCUT2D eigenvalue weighted by Gasteiger charge is 2.07. The van der Waals surface area contributed by atoms with Crippen LogP contribution in [0.3, 0.4) is 0 Å². The number of amides is 1. The highest BCUT2D eigenvalue weighted by atomic mass is 35.5. The van der Waals surface area contributed by atoms with Crippen molar-refractivity contribution in [2.75, 3.05) is 5.75 Å². The fraction of sp³-hybridized carbons (Fsp3) is 0.111. The van der Waals surface area contributed by atoms with E-state index in [1.54, 1.807) is 24.4 Å². The number of hydrogen-bond acceptors (Lipinski definition) is 4. The van der Waals surface area contributed by atoms with E-state index in [4.69, 9.17) is 27.9 Å². The number of halogens is 2. The van der Waals surface area contributed by atoms with Crippen LogP contribution in [0.1, 0.15) is 16.7 Å². The number of nitrogens with zero attached hydrogens (tertiary/aromatic N) is 1. The van der Waals surface area contributed by atoms with Crippen molar-refractivity contribution < 1.29 is 9.53 Å². The van der Waals surface area contributed by atoms with Crippen molar-refractivity contribution in [3.63, 3.8) is 0 Å². The smallest absolute Gasteiger partial charge is 0.250 e. The highest BCUT2D eigenvalue weighted by Crippen LogP contribution is 2.28. The summed E-state index contributed by atoms with van der Waals surface area (Å²) in [5.41, 5.74) is 5.33. The Balaban J connectivity index is 1.21. The summed E-state index contributed by atoms with van der Waals surface area (Å²) in [6, 6.07) is 27.5. The van der Waals surface area contributed by atoms with Gasteiger partial charge < -0.3 is 4.74 Å². The van der Waals surface area contributed by atoms with E-state index in [1.807, 2.05) is 36.4 Å². The predicted molar refractivity (Wildman–Crippen MR) is 143 cm³/mol. The summed E-state index contributed by atoms with van der Waals surface area (Å²) >= 11 is 13.7. The molecule has 0 atom stereocenters. The second-order valence-corrected chi connectivity index (χ2v) is 9.33. The maximum absolute atomic E-state index is 12.0. The fourth-order valence-corrected chi connectivity index (χ4v) is 4.83. The number of ether oxygens (including phenoxy) is 1. The Bertz CT molecular complexity index is 1290. The van der Waals surface area contributed by atoms with E-state index in [2.05, 4.69) is 40.9 Å². The molecule has 0 spiro atoms. The van der Waals surface area contributed by atoms with Crippen molar-refractivity contribution in [2.45, 2.75) is 12.4 Å². The van der Waals surface area contributed by atoms with Gasteiger partial charge in [0.25, 0.3) is 0 Å². The molecule has 0 unspecified atom stereocenters. The Kier molecular flexibility index (Phi) is 8.47. The van der Waals surface area contributed by atoms with Gasteiger partial charge in [0.2, 0.25) is 5.91 Å². The minimum Gasteiger partial charge on any atom is -0.489 e. The molecule has 0 radical (unpaired) electrons. The van der Waals surface area contributed by atoms with E-state index in [0.717, 1.165) is 22.4 Å². The molecule has 4 rings (SSSR count). The first kappa shape index (κ1) is 24.1. The first-order chi connectivity index (χ1) is 16.6. The third-order valence-electron chi connectivity index (χ3n) is 5.04. The molecule has 4 aromatic carbocycles. The van der Waals surface area contributed by atoms with Gasteiger partial charge in [-0.3, -0.25) is 4.79 Å². The Morgan fingerprint density at radius 3 is 2.41 bits per heavy atom. The molecule has 34 heavy (non-hydrogen) atoms. The molecule has 4 nitrogen and oxygen atoms in total. The summed E-state index contributed by atoms with van der Waals surface area (Å²) < 4.78 is 5.90. The molecule has 0 bridgehead atoms. The van der Waals surface area contributed by atoms with Crippen LogP contribution in [-0.4, -0.2) is 17.9 Å². The average Bonchev–Trinajstić information content (AvgIpc) is 2.85. The van der Waals surface area contributed by atoms with Crippen LogP contribution in [0.25, 0.3) is 10.8 Å². The number of rotatable bonds is 9. The van der Waals surface area contributed by atoms with Crippen molar-refractivity contribution in [3.8, 4) is 5.75 Å². The minimum atomic E-state index is -0.195. The monoisotopic (exact) mass is 508 g/mol. The Labute approximate surface area is 212 Å². The van der Waals surface area contributed by atoms with Crippen molar-refractivity contribution >= 4 is 57.9 Å². The SMILES string of the molecule is O=C(CSCc1c(Cl)cccc1Cl)N/N=C\c1ccc(OCc2ccc3ccccc3c2)cc1. The van der Waals surface area contributed by atoms with Gasteiger partial charge in [-0.2, -0.15) is 5.10 Å². The lowest BCUT2D eigenvalue weighted by Gasteiger charge is -2.08. The number of hydrogen-bond donors (Lipinski definition) is 1. The molecule has 7 heteroatoms. The molecule has 0 aliphatic rings. The number of benzene rings is 4. The van der Waals surface area contributed by atoms with Gasteiger partial charge in [0, 0.05) is 15.8 Å². The van der Waals surface area contributed by atoms with Gasteiger partial charge in [0.1, 0.15) is 12.4 Å². The standard InChI is InChI=1S/C27H22Cl2N2O2S/c28-25-6-3-7-26(29)24(25)17-34-18-27(32)31-30-15-19-9-12-23(13-10-19)33-16-20-8-11-21-4-1-2-5-22(21)14-20/h1-15H,16-18H2,(H,31,32)/b30-15-. The number of nitrogens with one attached hydrogen (secondary N) is 1. The van der Waals surface area contributed by atoms with Crippen LogP contribution in [-0.2, 0) is 17.2 Å². The highest BCUT2D eigenvalue weighted by molar-refractivity contribution is 7.99. The first-order valence-corrected chi connectivity index (χ1v) is 12.5. The summed E-state index contributed by atoms with van der Waals surface area (Å²) in [5, 5.41) is 7.63. The molecule has 0 aromatic heterocycles. The van der Waals surface area contributed by atoms with Crippen LogP contribution in [0.15, 0.2) is 90.0 Å². The topological polar surface area (TPSA) is 50.7 Å². The summed E-state index contributed by atoms with van der Waals surface area (Å²) in [6.07, 6.45) is 1.60. The summed E-state index contributed by atoms with van der Waals surface area (Å²) in [4.78, 5) is 12.0. The zero-order valence-corrected chi connectivity index (χ0v) is 20.5. The zero-order valence-electron chi connectivity index (χ0n) is 18.2. The van der Waals surface area contributed by atoms with Crippen LogP contribution in [0.5, 0.6) is 5.75 Å². The molecule has 0 saturated carbocycles. The lowest BCUT2D eigenvalue weighted by Crippen LogP contribution is -2.19. The third kappa shape index (κ3) is 6.76. The Morgan fingerprint density at radius 1 is 0.912 bits per heavy atom. The van der Waals surface area contributed by atoms with Gasteiger partial charge in [-0.1, -0.05) is 65.7 Å². The number of thioether (sulfide) groups is 1. The van der Waals surface area contributed by atoms with Crippen molar-refractivity contribution in [1.82, 2.24) is 5.43 Å². The normalized spacial score (nSPS) is 11.1. The molecule has 0 aliphatic heterocycles. The number of hydrazone groups is 1. The van der Waals surface area contributed by atoms with Gasteiger partial charge in [-0.05, 0) is 69.9 Å². The fourth-order valence-electron chi connectivity index (χ4n) is 3.27.